The van der Waals surface area contributed by atoms with Gasteiger partial charge in [0.25, 0.3) is 0 Å². The summed E-state index contributed by atoms with van der Waals surface area (Å²) in [5, 5.41) is 14.3. The Bertz CT molecular complexity index is 410. The van der Waals surface area contributed by atoms with E-state index in [-0.39, 0.29) is 5.69 Å². The lowest BCUT2D eigenvalue weighted by atomic mass is 10.2. The minimum Gasteiger partial charge on any atom is -0.364 e. The molecule has 94 valence electrons. The van der Waals surface area contributed by atoms with E-state index in [2.05, 4.69) is 17.2 Å². The fraction of sp³-hybridized carbons (Fsp3) is 0.545. The second-order valence-corrected chi connectivity index (χ2v) is 4.23. The molecule has 6 heteroatoms. The number of nitrogens with zero attached hydrogens (tertiary/aromatic N) is 2. The second-order valence-electron chi connectivity index (χ2n) is 3.82. The lowest BCUT2D eigenvalue weighted by Gasteiger charge is -2.08. The Hall–Kier alpha value is -1.36. The number of rotatable bonds is 6. The molecule has 1 heterocycles. The molecule has 5 nitrogen and oxygen atoms in total. The van der Waals surface area contributed by atoms with E-state index in [1.165, 1.54) is 6.20 Å². The first-order chi connectivity index (χ1) is 8.07. The number of hydrogen-bond donors (Lipinski definition) is 1. The number of nitrogens with one attached hydrogen (secondary N) is 1. The monoisotopic (exact) mass is 257 g/mol. The summed E-state index contributed by atoms with van der Waals surface area (Å²) in [5.74, 6) is 0.299. The van der Waals surface area contributed by atoms with Gasteiger partial charge >= 0.3 is 5.69 Å². The van der Waals surface area contributed by atoms with Crippen molar-refractivity contribution in [2.45, 2.75) is 33.1 Å². The molecule has 0 spiro atoms. The fourth-order valence-corrected chi connectivity index (χ4v) is 1.64. The molecule has 0 radical (unpaired) electrons. The van der Waals surface area contributed by atoms with E-state index < -0.39 is 4.92 Å². The maximum Gasteiger partial charge on any atom is 0.315 e. The van der Waals surface area contributed by atoms with E-state index in [1.807, 2.05) is 0 Å². The van der Waals surface area contributed by atoms with Gasteiger partial charge in [-0.15, -0.1) is 0 Å². The molecule has 17 heavy (non-hydrogen) atoms. The standard InChI is InChI=1S/C11H16ClN3O2/c1-3-4-5-6-13-11-10(15(16)17)8(2)9(12)7-14-11/h7H,3-6H2,1-2H3,(H,13,14). The average Bonchev–Trinajstić information content (AvgIpc) is 2.28. The van der Waals surface area contributed by atoms with Gasteiger partial charge in [0.2, 0.25) is 5.82 Å². The van der Waals surface area contributed by atoms with E-state index in [0.29, 0.717) is 22.9 Å². The SMILES string of the molecule is CCCCCNc1ncc(Cl)c(C)c1[N+](=O)[O-]. The van der Waals surface area contributed by atoms with Gasteiger partial charge in [-0.05, 0) is 13.3 Å². The Labute approximate surface area is 105 Å². The Kier molecular flexibility index (Phi) is 5.15. The van der Waals surface area contributed by atoms with Crippen LogP contribution in [-0.4, -0.2) is 16.5 Å². The molecule has 0 amide bonds. The van der Waals surface area contributed by atoms with Gasteiger partial charge in [0, 0.05) is 12.7 Å². The van der Waals surface area contributed by atoms with E-state index in [9.17, 15) is 10.1 Å². The number of nitro groups is 1. The third-order valence-electron chi connectivity index (χ3n) is 2.50. The van der Waals surface area contributed by atoms with Gasteiger partial charge in [-0.2, -0.15) is 0 Å². The van der Waals surface area contributed by atoms with Gasteiger partial charge in [0.1, 0.15) is 0 Å². The Morgan fingerprint density at radius 2 is 2.24 bits per heavy atom. The predicted octanol–water partition coefficient (Wildman–Crippen LogP) is 3.55. The molecular weight excluding hydrogens is 242 g/mol. The topological polar surface area (TPSA) is 68.1 Å². The number of hydrogen-bond acceptors (Lipinski definition) is 4. The highest BCUT2D eigenvalue weighted by Gasteiger charge is 2.20. The number of unbranched alkanes of at least 4 members (excludes halogenated alkanes) is 2. The molecule has 0 aliphatic carbocycles. The number of halogens is 1. The van der Waals surface area contributed by atoms with Gasteiger partial charge in [-0.3, -0.25) is 10.1 Å². The van der Waals surface area contributed by atoms with Crippen molar-refractivity contribution >= 4 is 23.1 Å². The van der Waals surface area contributed by atoms with Crippen LogP contribution >= 0.6 is 11.6 Å². The number of anilines is 1. The van der Waals surface area contributed by atoms with Crippen LogP contribution in [0.25, 0.3) is 0 Å². The van der Waals surface area contributed by atoms with Gasteiger partial charge in [0.15, 0.2) is 0 Å². The summed E-state index contributed by atoms with van der Waals surface area (Å²) in [4.78, 5) is 14.5. The molecular formula is C11H16ClN3O2. The summed E-state index contributed by atoms with van der Waals surface area (Å²) < 4.78 is 0. The van der Waals surface area contributed by atoms with Crippen LogP contribution in [0.15, 0.2) is 6.20 Å². The molecule has 0 saturated carbocycles. The highest BCUT2D eigenvalue weighted by atomic mass is 35.5. The van der Waals surface area contributed by atoms with Crippen molar-refractivity contribution in [2.75, 3.05) is 11.9 Å². The van der Waals surface area contributed by atoms with Crippen LogP contribution in [0.2, 0.25) is 5.02 Å². The maximum absolute atomic E-state index is 11.0. The van der Waals surface area contributed by atoms with Crippen LogP contribution < -0.4 is 5.32 Å². The van der Waals surface area contributed by atoms with Crippen molar-refractivity contribution in [1.82, 2.24) is 4.98 Å². The summed E-state index contributed by atoms with van der Waals surface area (Å²) in [7, 11) is 0. The van der Waals surface area contributed by atoms with Crippen LogP contribution in [0.3, 0.4) is 0 Å². The van der Waals surface area contributed by atoms with Crippen molar-refractivity contribution in [2.24, 2.45) is 0 Å². The smallest absolute Gasteiger partial charge is 0.315 e. The molecule has 0 saturated heterocycles. The molecule has 0 unspecified atom stereocenters. The summed E-state index contributed by atoms with van der Waals surface area (Å²) in [6.07, 6.45) is 4.60. The quantitative estimate of drug-likeness (QED) is 0.481. The number of aromatic nitrogens is 1. The van der Waals surface area contributed by atoms with Crippen LogP contribution in [0, 0.1) is 17.0 Å². The molecule has 1 aromatic heterocycles. The van der Waals surface area contributed by atoms with Crippen molar-refractivity contribution in [3.05, 3.63) is 26.9 Å². The molecule has 0 aliphatic heterocycles. The lowest BCUT2D eigenvalue weighted by molar-refractivity contribution is -0.384. The Morgan fingerprint density at radius 3 is 2.82 bits per heavy atom. The Balaban J connectivity index is 2.84. The van der Waals surface area contributed by atoms with E-state index in [0.717, 1.165) is 19.3 Å². The van der Waals surface area contributed by atoms with Crippen molar-refractivity contribution < 1.29 is 4.92 Å². The minimum atomic E-state index is -0.448. The largest absolute Gasteiger partial charge is 0.364 e. The summed E-state index contributed by atoms with van der Waals surface area (Å²) in [6.45, 7) is 4.41. The third-order valence-corrected chi connectivity index (χ3v) is 2.88. The summed E-state index contributed by atoms with van der Waals surface area (Å²) >= 11 is 5.82. The van der Waals surface area contributed by atoms with Crippen LogP contribution in [-0.2, 0) is 0 Å². The minimum absolute atomic E-state index is 0.0333. The summed E-state index contributed by atoms with van der Waals surface area (Å²) in [5.41, 5.74) is 0.415. The van der Waals surface area contributed by atoms with Crippen LogP contribution in [0.5, 0.6) is 0 Å². The first-order valence-corrected chi connectivity index (χ1v) is 5.99. The van der Waals surface area contributed by atoms with Crippen LogP contribution in [0.1, 0.15) is 31.7 Å². The van der Waals surface area contributed by atoms with Crippen LogP contribution in [0.4, 0.5) is 11.5 Å². The predicted molar refractivity (Wildman–Crippen MR) is 68.7 cm³/mol. The highest BCUT2D eigenvalue weighted by Crippen LogP contribution is 2.30. The van der Waals surface area contributed by atoms with Gasteiger partial charge < -0.3 is 5.32 Å². The van der Waals surface area contributed by atoms with Gasteiger partial charge in [-0.25, -0.2) is 4.98 Å². The molecule has 0 atom stereocenters. The Morgan fingerprint density at radius 1 is 1.53 bits per heavy atom. The van der Waals surface area contributed by atoms with Gasteiger partial charge in [0.05, 0.1) is 15.5 Å². The van der Waals surface area contributed by atoms with Crippen molar-refractivity contribution in [3.8, 4) is 0 Å². The molecule has 0 aliphatic rings. The zero-order valence-electron chi connectivity index (χ0n) is 9.99. The van der Waals surface area contributed by atoms with Crippen molar-refractivity contribution in [3.63, 3.8) is 0 Å². The molecule has 0 aromatic carbocycles. The second kappa shape index (κ2) is 6.39. The maximum atomic E-state index is 11.0. The van der Waals surface area contributed by atoms with E-state index >= 15 is 0 Å². The first-order valence-electron chi connectivity index (χ1n) is 5.61. The summed E-state index contributed by atoms with van der Waals surface area (Å²) in [6, 6.07) is 0. The lowest BCUT2D eigenvalue weighted by Crippen LogP contribution is -2.07. The molecule has 1 aromatic rings. The normalized spacial score (nSPS) is 10.3. The fourth-order valence-electron chi connectivity index (χ4n) is 1.50. The average molecular weight is 258 g/mol. The first kappa shape index (κ1) is 13.7. The van der Waals surface area contributed by atoms with Crippen molar-refractivity contribution in [1.29, 1.82) is 0 Å². The molecule has 1 rings (SSSR count). The van der Waals surface area contributed by atoms with E-state index in [1.54, 1.807) is 6.92 Å². The zero-order chi connectivity index (χ0) is 12.8. The molecule has 0 fully saturated rings. The zero-order valence-corrected chi connectivity index (χ0v) is 10.8. The molecule has 1 N–H and O–H groups in total. The number of pyridine rings is 1. The van der Waals surface area contributed by atoms with Gasteiger partial charge in [-0.1, -0.05) is 31.4 Å². The van der Waals surface area contributed by atoms with E-state index in [4.69, 9.17) is 11.6 Å². The molecule has 0 bridgehead atoms. The third kappa shape index (κ3) is 3.56. The highest BCUT2D eigenvalue weighted by molar-refractivity contribution is 6.31.